The molecule has 0 aliphatic carbocycles. The number of aryl methyl sites for hydroxylation is 2. The third-order valence-corrected chi connectivity index (χ3v) is 14.4. The fraction of sp³-hybridized carbons (Fsp3) is 0.320. The van der Waals surface area contributed by atoms with E-state index in [-0.39, 0.29) is 0 Å². The summed E-state index contributed by atoms with van der Waals surface area (Å²) in [5.41, 5.74) is 8.01. The Labute approximate surface area is 358 Å². The summed E-state index contributed by atoms with van der Waals surface area (Å²) in [5, 5.41) is 4.33. The standard InChI is InChI=1S/C50H50N8S2/c1-3-5-7-9-11-13-31-57-47-35-21-17-29-53-43(35)41-33(19-15-27-51-41)45(47)55-49(57)39-25-23-37(59-39)38-24-26-40(60-38)50-56-46-34-20-16-28-52-42(34)44-36(22-18-30-54-44)48(46)58(50)32-14-12-10-8-6-4-2/h15-30H,3-14,31-32H2,1-2H3. The van der Waals surface area contributed by atoms with Crippen LogP contribution in [-0.2, 0) is 13.1 Å². The van der Waals surface area contributed by atoms with E-state index >= 15 is 0 Å². The van der Waals surface area contributed by atoms with Crippen molar-refractivity contribution in [3.8, 4) is 31.2 Å². The quantitative estimate of drug-likeness (QED) is 0.0671. The van der Waals surface area contributed by atoms with Gasteiger partial charge >= 0.3 is 0 Å². The molecule has 0 bridgehead atoms. The molecule has 8 aromatic heterocycles. The molecule has 302 valence electrons. The maximum Gasteiger partial charge on any atom is 0.151 e. The van der Waals surface area contributed by atoms with E-state index < -0.39 is 0 Å². The van der Waals surface area contributed by atoms with Crippen LogP contribution in [0.25, 0.3) is 96.8 Å². The predicted octanol–water partition coefficient (Wildman–Crippen LogP) is 14.4. The first-order valence-corrected chi connectivity index (χ1v) is 23.6. The minimum atomic E-state index is 0.908. The van der Waals surface area contributed by atoms with Gasteiger partial charge in [-0.15, -0.1) is 22.7 Å². The topological polar surface area (TPSA) is 87.2 Å². The van der Waals surface area contributed by atoms with Gasteiger partial charge in [-0.1, -0.05) is 78.1 Å². The third-order valence-electron chi connectivity index (χ3n) is 12.0. The summed E-state index contributed by atoms with van der Waals surface area (Å²) in [4.78, 5) is 35.1. The molecular weight excluding hydrogens is 777 g/mol. The fourth-order valence-electron chi connectivity index (χ4n) is 9.06. The first kappa shape index (κ1) is 38.6. The summed E-state index contributed by atoms with van der Waals surface area (Å²) < 4.78 is 4.95. The van der Waals surface area contributed by atoms with Gasteiger partial charge in [0.1, 0.15) is 0 Å². The molecular formula is C50H50N8S2. The lowest BCUT2D eigenvalue weighted by molar-refractivity contribution is 0.566. The number of unbranched alkanes of at least 4 members (excludes halogenated alkanes) is 10. The summed E-state index contributed by atoms with van der Waals surface area (Å²) in [6, 6.07) is 25.9. The van der Waals surface area contributed by atoms with Crippen molar-refractivity contribution in [1.82, 2.24) is 39.0 Å². The van der Waals surface area contributed by atoms with Gasteiger partial charge in [-0.25, -0.2) is 9.97 Å². The molecule has 0 saturated carbocycles. The Hall–Kier alpha value is -5.58. The van der Waals surface area contributed by atoms with Crippen LogP contribution in [0.1, 0.15) is 90.9 Å². The zero-order valence-corrected chi connectivity index (χ0v) is 36.2. The molecule has 0 radical (unpaired) electrons. The molecule has 0 saturated heterocycles. The number of thiophene rings is 2. The molecule has 0 unspecified atom stereocenters. The molecule has 0 N–H and O–H groups in total. The molecule has 2 aromatic carbocycles. The summed E-state index contributed by atoms with van der Waals surface area (Å²) in [7, 11) is 0. The van der Waals surface area contributed by atoms with Gasteiger partial charge in [0.05, 0.1) is 53.9 Å². The van der Waals surface area contributed by atoms with E-state index in [4.69, 9.17) is 29.9 Å². The van der Waals surface area contributed by atoms with Crippen molar-refractivity contribution in [1.29, 1.82) is 0 Å². The van der Waals surface area contributed by atoms with Gasteiger partial charge in [-0.2, -0.15) is 0 Å². The number of hydrogen-bond acceptors (Lipinski definition) is 8. The van der Waals surface area contributed by atoms with Gasteiger partial charge in [0, 0.05) is 69.2 Å². The molecule has 0 fully saturated rings. The van der Waals surface area contributed by atoms with E-state index in [1.54, 1.807) is 0 Å². The second-order valence-electron chi connectivity index (χ2n) is 16.0. The molecule has 10 rings (SSSR count). The van der Waals surface area contributed by atoms with Crippen LogP contribution in [0.3, 0.4) is 0 Å². The molecule has 0 aliphatic rings. The zero-order valence-electron chi connectivity index (χ0n) is 34.5. The van der Waals surface area contributed by atoms with Crippen LogP contribution in [0.15, 0.2) is 97.6 Å². The first-order chi connectivity index (χ1) is 29.7. The Balaban J connectivity index is 1.05. The maximum absolute atomic E-state index is 5.47. The highest BCUT2D eigenvalue weighted by Gasteiger charge is 2.23. The molecule has 0 amide bonds. The summed E-state index contributed by atoms with van der Waals surface area (Å²) in [5.74, 6) is 2.05. The van der Waals surface area contributed by atoms with Crippen molar-refractivity contribution in [2.45, 2.75) is 104 Å². The molecule has 10 heteroatoms. The number of imidazole rings is 2. The van der Waals surface area contributed by atoms with Gasteiger partial charge in [0.25, 0.3) is 0 Å². The molecule has 8 nitrogen and oxygen atoms in total. The number of aromatic nitrogens is 8. The van der Waals surface area contributed by atoms with Crippen molar-refractivity contribution >= 4 is 88.4 Å². The Morgan fingerprint density at radius 2 is 0.733 bits per heavy atom. The Kier molecular flexibility index (Phi) is 11.1. The number of rotatable bonds is 17. The van der Waals surface area contributed by atoms with Gasteiger partial charge in [0.15, 0.2) is 11.6 Å². The molecule has 0 aliphatic heterocycles. The second-order valence-corrected chi connectivity index (χ2v) is 18.2. The van der Waals surface area contributed by atoms with E-state index in [1.807, 2.05) is 71.7 Å². The van der Waals surface area contributed by atoms with Crippen LogP contribution in [0.5, 0.6) is 0 Å². The summed E-state index contributed by atoms with van der Waals surface area (Å²) in [6.07, 6.45) is 22.4. The third kappa shape index (κ3) is 7.03. The normalized spacial score (nSPS) is 12.1. The Morgan fingerprint density at radius 3 is 1.15 bits per heavy atom. The monoisotopic (exact) mass is 826 g/mol. The molecule has 0 atom stereocenters. The number of fused-ring (bicyclic) bond motifs is 12. The highest BCUT2D eigenvalue weighted by Crippen LogP contribution is 2.44. The van der Waals surface area contributed by atoms with Gasteiger partial charge in [-0.3, -0.25) is 19.9 Å². The van der Waals surface area contributed by atoms with Crippen molar-refractivity contribution in [2.24, 2.45) is 0 Å². The average Bonchev–Trinajstić information content (AvgIpc) is 4.12. The van der Waals surface area contributed by atoms with Gasteiger partial charge in [-0.05, 0) is 85.6 Å². The molecule has 10 aromatic rings. The lowest BCUT2D eigenvalue weighted by Gasteiger charge is -2.11. The van der Waals surface area contributed by atoms with Crippen molar-refractivity contribution in [2.75, 3.05) is 0 Å². The number of hydrogen-bond donors (Lipinski definition) is 0. The first-order valence-electron chi connectivity index (χ1n) is 22.0. The van der Waals surface area contributed by atoms with Crippen LogP contribution in [0.2, 0.25) is 0 Å². The number of nitrogens with zero attached hydrogens (tertiary/aromatic N) is 8. The van der Waals surface area contributed by atoms with E-state index in [1.165, 1.54) is 83.7 Å². The number of benzene rings is 2. The van der Waals surface area contributed by atoms with Crippen LogP contribution in [0, 0.1) is 0 Å². The van der Waals surface area contributed by atoms with E-state index in [0.29, 0.717) is 0 Å². The average molecular weight is 827 g/mol. The Morgan fingerprint density at radius 1 is 0.383 bits per heavy atom. The van der Waals surface area contributed by atoms with Crippen molar-refractivity contribution in [3.63, 3.8) is 0 Å². The second kappa shape index (κ2) is 17.2. The van der Waals surface area contributed by atoms with Crippen LogP contribution >= 0.6 is 22.7 Å². The minimum absolute atomic E-state index is 0.908. The van der Waals surface area contributed by atoms with E-state index in [2.05, 4.69) is 71.5 Å². The molecule has 0 spiro atoms. The highest BCUT2D eigenvalue weighted by molar-refractivity contribution is 7.25. The van der Waals surface area contributed by atoms with Crippen LogP contribution in [0.4, 0.5) is 0 Å². The van der Waals surface area contributed by atoms with Gasteiger partial charge in [0.2, 0.25) is 0 Å². The summed E-state index contributed by atoms with van der Waals surface area (Å²) in [6.45, 7) is 6.38. The largest absolute Gasteiger partial charge is 0.323 e. The Bertz CT molecular complexity index is 2910. The van der Waals surface area contributed by atoms with E-state index in [9.17, 15) is 0 Å². The molecule has 8 heterocycles. The smallest absolute Gasteiger partial charge is 0.151 e. The lowest BCUT2D eigenvalue weighted by Crippen LogP contribution is -2.01. The van der Waals surface area contributed by atoms with Crippen molar-refractivity contribution in [3.05, 3.63) is 97.6 Å². The highest BCUT2D eigenvalue weighted by atomic mass is 32.1. The van der Waals surface area contributed by atoms with Crippen LogP contribution in [-0.4, -0.2) is 39.0 Å². The predicted molar refractivity (Wildman–Crippen MR) is 253 cm³/mol. The van der Waals surface area contributed by atoms with Crippen LogP contribution < -0.4 is 0 Å². The van der Waals surface area contributed by atoms with E-state index in [0.717, 1.165) is 103 Å². The van der Waals surface area contributed by atoms with Crippen molar-refractivity contribution < 1.29 is 0 Å². The minimum Gasteiger partial charge on any atom is -0.323 e. The lowest BCUT2D eigenvalue weighted by atomic mass is 10.1. The van der Waals surface area contributed by atoms with Gasteiger partial charge < -0.3 is 9.13 Å². The maximum atomic E-state index is 5.47. The molecule has 60 heavy (non-hydrogen) atoms. The zero-order chi connectivity index (χ0) is 40.4. The fourth-order valence-corrected chi connectivity index (χ4v) is 11.2. The number of pyridine rings is 4. The SMILES string of the molecule is CCCCCCCCn1c(-c2ccc(-c3ccc(-c4nc5c6cccnc6c6ncccc6c5n4CCCCCCCC)s3)s2)nc2c3cccnc3c3ncccc3c21. The summed E-state index contributed by atoms with van der Waals surface area (Å²) >= 11 is 3.65.